The van der Waals surface area contributed by atoms with Crippen LogP contribution in [-0.2, 0) is 22.7 Å². The number of ether oxygens (including phenoxy) is 2. The van der Waals surface area contributed by atoms with Crippen LogP contribution in [-0.4, -0.2) is 21.3 Å². The Kier molecular flexibility index (Phi) is 6.80. The molecule has 0 unspecified atom stereocenters. The second kappa shape index (κ2) is 11.4. The normalized spacial score (nSPS) is 11.4. The Bertz CT molecular complexity index is 2230. The summed E-state index contributed by atoms with van der Waals surface area (Å²) in [6, 6.07) is 47.3. The molecular weight excluding hydrogens is 572 g/mol. The number of carbonyl (C=O) groups is 2. The van der Waals surface area contributed by atoms with Crippen molar-refractivity contribution in [2.45, 2.75) is 13.2 Å². The molecule has 222 valence electrons. The van der Waals surface area contributed by atoms with Gasteiger partial charge in [0.2, 0.25) is 0 Å². The van der Waals surface area contributed by atoms with Gasteiger partial charge in [-0.2, -0.15) is 0 Å². The number of rotatable bonds is 5. The number of nitrogens with zero attached hydrogens (tertiary/aromatic N) is 2. The Morgan fingerprint density at radius 3 is 1.22 bits per heavy atom. The van der Waals surface area contributed by atoms with E-state index in [2.05, 4.69) is 12.1 Å². The van der Waals surface area contributed by atoms with Crippen LogP contribution in [0.4, 0.5) is 9.59 Å². The molecule has 2 heterocycles. The molecule has 6 aromatic carbocycles. The topological polar surface area (TPSA) is 62.5 Å². The Balaban J connectivity index is 1.18. The quantitative estimate of drug-likeness (QED) is 0.197. The third-order valence-corrected chi connectivity index (χ3v) is 8.45. The Labute approximate surface area is 264 Å². The minimum atomic E-state index is -0.420. The lowest BCUT2D eigenvalue weighted by Crippen LogP contribution is -2.13. The molecule has 0 aliphatic rings. The van der Waals surface area contributed by atoms with E-state index in [4.69, 9.17) is 9.47 Å². The van der Waals surface area contributed by atoms with Gasteiger partial charge in [-0.3, -0.25) is 0 Å². The summed E-state index contributed by atoms with van der Waals surface area (Å²) in [5.74, 6) is 0. The maximum atomic E-state index is 13.4. The molecule has 0 N–H and O–H groups in total. The molecule has 46 heavy (non-hydrogen) atoms. The zero-order valence-corrected chi connectivity index (χ0v) is 24.8. The van der Waals surface area contributed by atoms with Crippen LogP contribution in [0.5, 0.6) is 0 Å². The van der Waals surface area contributed by atoms with Crippen LogP contribution in [0.2, 0.25) is 0 Å². The zero-order chi connectivity index (χ0) is 31.0. The minimum absolute atomic E-state index is 0.194. The zero-order valence-electron chi connectivity index (χ0n) is 24.8. The van der Waals surface area contributed by atoms with Gasteiger partial charge < -0.3 is 9.47 Å². The number of benzene rings is 6. The number of aromatic nitrogens is 2. The van der Waals surface area contributed by atoms with Gasteiger partial charge in [0.15, 0.2) is 0 Å². The van der Waals surface area contributed by atoms with Crippen molar-refractivity contribution in [3.63, 3.8) is 0 Å². The van der Waals surface area contributed by atoms with Crippen LogP contribution >= 0.6 is 0 Å². The van der Waals surface area contributed by atoms with E-state index in [1.54, 1.807) is 9.13 Å². The smallest absolute Gasteiger partial charge is 0.419 e. The molecule has 2 aromatic heterocycles. The molecule has 0 saturated carbocycles. The van der Waals surface area contributed by atoms with Crippen molar-refractivity contribution in [2.75, 3.05) is 0 Å². The average Bonchev–Trinajstić information content (AvgIpc) is 3.63. The van der Waals surface area contributed by atoms with Gasteiger partial charge in [0.1, 0.15) is 13.2 Å². The summed E-state index contributed by atoms with van der Waals surface area (Å²) in [5.41, 5.74) is 7.00. The van der Waals surface area contributed by atoms with E-state index in [1.165, 1.54) is 0 Å². The molecule has 0 spiro atoms. The molecule has 8 rings (SSSR count). The molecule has 0 aliphatic heterocycles. The van der Waals surface area contributed by atoms with Crippen LogP contribution < -0.4 is 0 Å². The van der Waals surface area contributed by atoms with Crippen LogP contribution in [0.3, 0.4) is 0 Å². The van der Waals surface area contributed by atoms with Crippen molar-refractivity contribution in [1.82, 2.24) is 9.13 Å². The predicted octanol–water partition coefficient (Wildman–Crippen LogP) is 9.94. The lowest BCUT2D eigenvalue weighted by molar-refractivity contribution is 0.142. The molecule has 0 saturated heterocycles. The van der Waals surface area contributed by atoms with E-state index in [-0.39, 0.29) is 13.2 Å². The maximum Gasteiger partial charge on any atom is 0.419 e. The summed E-state index contributed by atoms with van der Waals surface area (Å²) in [5, 5.41) is 3.85. The van der Waals surface area contributed by atoms with Gasteiger partial charge in [-0.1, -0.05) is 109 Å². The third kappa shape index (κ3) is 4.77. The summed E-state index contributed by atoms with van der Waals surface area (Å²) in [4.78, 5) is 26.8. The van der Waals surface area contributed by atoms with Gasteiger partial charge >= 0.3 is 12.2 Å². The summed E-state index contributed by atoms with van der Waals surface area (Å²) in [6.07, 6.45) is -0.840. The van der Waals surface area contributed by atoms with E-state index in [0.717, 1.165) is 65.9 Å². The highest BCUT2D eigenvalue weighted by molar-refractivity contribution is 6.15. The van der Waals surface area contributed by atoms with E-state index < -0.39 is 12.2 Å². The van der Waals surface area contributed by atoms with Crippen molar-refractivity contribution >= 4 is 55.8 Å². The second-order valence-corrected chi connectivity index (χ2v) is 11.2. The lowest BCUT2D eigenvalue weighted by Gasteiger charge is -2.09. The predicted molar refractivity (Wildman–Crippen MR) is 182 cm³/mol. The van der Waals surface area contributed by atoms with E-state index in [9.17, 15) is 9.59 Å². The monoisotopic (exact) mass is 600 g/mol. The van der Waals surface area contributed by atoms with Crippen molar-refractivity contribution in [1.29, 1.82) is 0 Å². The molecule has 8 aromatic rings. The molecule has 6 heteroatoms. The summed E-state index contributed by atoms with van der Waals surface area (Å²) >= 11 is 0. The first kappa shape index (κ1) is 27.4. The summed E-state index contributed by atoms with van der Waals surface area (Å²) in [7, 11) is 0. The molecule has 0 aliphatic carbocycles. The molecule has 0 radical (unpaired) electrons. The first-order valence-electron chi connectivity index (χ1n) is 15.1. The summed E-state index contributed by atoms with van der Waals surface area (Å²) < 4.78 is 14.8. The number of hydrogen-bond acceptors (Lipinski definition) is 4. The van der Waals surface area contributed by atoms with Gasteiger partial charge in [0, 0.05) is 21.5 Å². The van der Waals surface area contributed by atoms with Crippen molar-refractivity contribution in [3.05, 3.63) is 157 Å². The highest BCUT2D eigenvalue weighted by atomic mass is 16.6. The summed E-state index contributed by atoms with van der Waals surface area (Å²) in [6.45, 7) is 0.387. The molecule has 6 nitrogen and oxygen atoms in total. The van der Waals surface area contributed by atoms with E-state index in [0.29, 0.717) is 0 Å². The SMILES string of the molecule is O=C(OCc1ccccc1)n1c2ccccc2c2cc(-c3ccc4c(c3)c3ccccc3n4C(=O)OCc3ccccc3)ccc21. The fraction of sp³-hybridized carbons (Fsp3) is 0.0500. The average molecular weight is 601 g/mol. The number of carbonyl (C=O) groups excluding carboxylic acids is 2. The van der Waals surface area contributed by atoms with E-state index >= 15 is 0 Å². The van der Waals surface area contributed by atoms with Gasteiger partial charge in [-0.15, -0.1) is 0 Å². The van der Waals surface area contributed by atoms with Gasteiger partial charge in [0.05, 0.1) is 22.1 Å². The fourth-order valence-corrected chi connectivity index (χ4v) is 6.27. The van der Waals surface area contributed by atoms with Gasteiger partial charge in [-0.05, 0) is 58.7 Å². The number of fused-ring (bicyclic) bond motifs is 6. The largest absolute Gasteiger partial charge is 0.444 e. The van der Waals surface area contributed by atoms with E-state index in [1.807, 2.05) is 133 Å². The first-order valence-corrected chi connectivity index (χ1v) is 15.1. The van der Waals surface area contributed by atoms with Crippen molar-refractivity contribution in [2.24, 2.45) is 0 Å². The first-order chi connectivity index (χ1) is 22.7. The van der Waals surface area contributed by atoms with Crippen LogP contribution in [0.15, 0.2) is 146 Å². The van der Waals surface area contributed by atoms with Gasteiger partial charge in [0.25, 0.3) is 0 Å². The minimum Gasteiger partial charge on any atom is -0.444 e. The molecule has 0 amide bonds. The Hall–Kier alpha value is -6.14. The second-order valence-electron chi connectivity index (χ2n) is 11.2. The Morgan fingerprint density at radius 2 is 0.783 bits per heavy atom. The molecule has 0 fully saturated rings. The van der Waals surface area contributed by atoms with Crippen LogP contribution in [0, 0.1) is 0 Å². The maximum absolute atomic E-state index is 13.4. The van der Waals surface area contributed by atoms with Crippen molar-refractivity contribution in [3.8, 4) is 11.1 Å². The standard InChI is InChI=1S/C40H28N2O4/c43-39(45-25-27-11-3-1-4-12-27)41-35-17-9-7-15-31(35)33-23-29(19-21-37(33)41)30-20-22-38-34(24-30)32-16-8-10-18-36(32)42(38)40(44)46-26-28-13-5-2-6-14-28/h1-24H,25-26H2. The Morgan fingerprint density at radius 1 is 0.413 bits per heavy atom. The fourth-order valence-electron chi connectivity index (χ4n) is 6.27. The third-order valence-electron chi connectivity index (χ3n) is 8.45. The molecular formula is C40H28N2O4. The lowest BCUT2D eigenvalue weighted by atomic mass is 10.0. The van der Waals surface area contributed by atoms with Crippen LogP contribution in [0.1, 0.15) is 11.1 Å². The molecule has 0 bridgehead atoms. The van der Waals surface area contributed by atoms with Crippen molar-refractivity contribution < 1.29 is 19.1 Å². The molecule has 0 atom stereocenters. The number of para-hydroxylation sites is 2. The number of hydrogen-bond donors (Lipinski definition) is 0. The highest BCUT2D eigenvalue weighted by Crippen LogP contribution is 2.36. The van der Waals surface area contributed by atoms with Crippen LogP contribution in [0.25, 0.3) is 54.7 Å². The van der Waals surface area contributed by atoms with Gasteiger partial charge in [-0.25, -0.2) is 18.7 Å². The highest BCUT2D eigenvalue weighted by Gasteiger charge is 2.20.